The quantitative estimate of drug-likeness (QED) is 0.891. The molecule has 22 heavy (non-hydrogen) atoms. The molecule has 4 heteroatoms. The highest BCUT2D eigenvalue weighted by atomic mass is 16.3. The van der Waals surface area contributed by atoms with Crippen LogP contribution in [0.25, 0.3) is 0 Å². The van der Waals surface area contributed by atoms with Gasteiger partial charge in [-0.15, -0.1) is 0 Å². The Morgan fingerprint density at radius 1 is 1.23 bits per heavy atom. The molecule has 1 fully saturated rings. The van der Waals surface area contributed by atoms with Crippen molar-refractivity contribution in [2.75, 3.05) is 18.0 Å². The predicted molar refractivity (Wildman–Crippen MR) is 87.9 cm³/mol. The standard InChI is InChI=1S/C18H24N2O2/c1-14(19-13-18-3-2-12-22-18)15-4-6-16(7-5-15)20-10-8-17(21)9-11-20/h2-7,12,14,17,19,21H,8-11,13H2,1H3. The van der Waals surface area contributed by atoms with Crippen molar-refractivity contribution in [3.63, 3.8) is 0 Å². The van der Waals surface area contributed by atoms with E-state index >= 15 is 0 Å². The van der Waals surface area contributed by atoms with E-state index in [0.717, 1.165) is 38.2 Å². The second-order valence-corrected chi connectivity index (χ2v) is 5.99. The van der Waals surface area contributed by atoms with Gasteiger partial charge in [-0.3, -0.25) is 0 Å². The van der Waals surface area contributed by atoms with Crippen LogP contribution < -0.4 is 10.2 Å². The van der Waals surface area contributed by atoms with Gasteiger partial charge < -0.3 is 19.7 Å². The van der Waals surface area contributed by atoms with E-state index in [1.165, 1.54) is 11.3 Å². The van der Waals surface area contributed by atoms with E-state index in [9.17, 15) is 5.11 Å². The van der Waals surface area contributed by atoms with E-state index in [4.69, 9.17) is 4.42 Å². The normalized spacial score (nSPS) is 17.6. The third-order valence-electron chi connectivity index (χ3n) is 4.39. The van der Waals surface area contributed by atoms with Crippen LogP contribution in [0.2, 0.25) is 0 Å². The van der Waals surface area contributed by atoms with Gasteiger partial charge in [0.2, 0.25) is 0 Å². The molecule has 0 spiro atoms. The smallest absolute Gasteiger partial charge is 0.117 e. The minimum Gasteiger partial charge on any atom is -0.468 e. The van der Waals surface area contributed by atoms with Crippen molar-refractivity contribution in [3.8, 4) is 0 Å². The molecule has 0 bridgehead atoms. The molecule has 1 saturated heterocycles. The van der Waals surface area contributed by atoms with Crippen LogP contribution in [0.15, 0.2) is 47.1 Å². The zero-order valence-corrected chi connectivity index (χ0v) is 13.0. The highest BCUT2D eigenvalue weighted by Crippen LogP contribution is 2.22. The summed E-state index contributed by atoms with van der Waals surface area (Å²) in [5.74, 6) is 0.954. The minimum atomic E-state index is -0.124. The number of hydrogen-bond donors (Lipinski definition) is 2. The van der Waals surface area contributed by atoms with E-state index in [0.29, 0.717) is 0 Å². The van der Waals surface area contributed by atoms with E-state index in [1.54, 1.807) is 6.26 Å². The van der Waals surface area contributed by atoms with Crippen LogP contribution >= 0.6 is 0 Å². The van der Waals surface area contributed by atoms with E-state index in [2.05, 4.69) is 41.4 Å². The largest absolute Gasteiger partial charge is 0.468 e. The molecule has 0 radical (unpaired) electrons. The maximum absolute atomic E-state index is 9.59. The van der Waals surface area contributed by atoms with Crippen molar-refractivity contribution < 1.29 is 9.52 Å². The maximum Gasteiger partial charge on any atom is 0.117 e. The number of anilines is 1. The molecule has 0 saturated carbocycles. The second-order valence-electron chi connectivity index (χ2n) is 5.99. The number of furan rings is 1. The molecule has 0 aliphatic carbocycles. The fourth-order valence-electron chi connectivity index (χ4n) is 2.88. The van der Waals surface area contributed by atoms with Gasteiger partial charge in [0.05, 0.1) is 18.9 Å². The summed E-state index contributed by atoms with van der Waals surface area (Å²) in [6, 6.07) is 12.9. The Bertz CT molecular complexity index is 557. The van der Waals surface area contributed by atoms with Gasteiger partial charge in [-0.05, 0) is 49.6 Å². The van der Waals surface area contributed by atoms with E-state index in [1.807, 2.05) is 12.1 Å². The van der Waals surface area contributed by atoms with Gasteiger partial charge in [0, 0.05) is 24.8 Å². The number of nitrogens with zero attached hydrogens (tertiary/aromatic N) is 1. The number of aliphatic hydroxyl groups is 1. The molecule has 1 aromatic carbocycles. The third kappa shape index (κ3) is 3.70. The van der Waals surface area contributed by atoms with E-state index < -0.39 is 0 Å². The lowest BCUT2D eigenvalue weighted by Crippen LogP contribution is -2.35. The Labute approximate surface area is 131 Å². The van der Waals surface area contributed by atoms with Crippen molar-refractivity contribution in [1.82, 2.24) is 5.32 Å². The SMILES string of the molecule is CC(NCc1ccco1)c1ccc(N2CCC(O)CC2)cc1. The van der Waals surface area contributed by atoms with Crippen molar-refractivity contribution in [1.29, 1.82) is 0 Å². The van der Waals surface area contributed by atoms with Crippen molar-refractivity contribution in [2.45, 2.75) is 38.5 Å². The van der Waals surface area contributed by atoms with Crippen molar-refractivity contribution in [3.05, 3.63) is 54.0 Å². The van der Waals surface area contributed by atoms with Crippen LogP contribution in [0, 0.1) is 0 Å². The Kier molecular flexibility index (Phi) is 4.80. The number of hydrogen-bond acceptors (Lipinski definition) is 4. The first kappa shape index (κ1) is 15.1. The summed E-state index contributed by atoms with van der Waals surface area (Å²) < 4.78 is 5.34. The highest BCUT2D eigenvalue weighted by Gasteiger charge is 2.17. The summed E-state index contributed by atoms with van der Waals surface area (Å²) in [4.78, 5) is 2.34. The van der Waals surface area contributed by atoms with Gasteiger partial charge in [-0.25, -0.2) is 0 Å². The van der Waals surface area contributed by atoms with Gasteiger partial charge >= 0.3 is 0 Å². The minimum absolute atomic E-state index is 0.124. The highest BCUT2D eigenvalue weighted by molar-refractivity contribution is 5.48. The van der Waals surface area contributed by atoms with Crippen LogP contribution in [-0.2, 0) is 6.54 Å². The summed E-state index contributed by atoms with van der Waals surface area (Å²) in [5, 5.41) is 13.1. The molecule has 1 aliphatic heterocycles. The van der Waals surface area contributed by atoms with Crippen LogP contribution in [-0.4, -0.2) is 24.3 Å². The first-order valence-electron chi connectivity index (χ1n) is 8.01. The summed E-state index contributed by atoms with van der Waals surface area (Å²) in [6.07, 6.45) is 3.30. The molecule has 0 amide bonds. The number of rotatable bonds is 5. The lowest BCUT2D eigenvalue weighted by molar-refractivity contribution is 0.145. The van der Waals surface area contributed by atoms with E-state index in [-0.39, 0.29) is 12.1 Å². The predicted octanol–water partition coefficient (Wildman–Crippen LogP) is 3.09. The average molecular weight is 300 g/mol. The molecule has 2 aromatic rings. The summed E-state index contributed by atoms with van der Waals surface area (Å²) in [6.45, 7) is 4.77. The molecule has 1 aromatic heterocycles. The first-order valence-corrected chi connectivity index (χ1v) is 8.01. The topological polar surface area (TPSA) is 48.6 Å². The third-order valence-corrected chi connectivity index (χ3v) is 4.39. The lowest BCUT2D eigenvalue weighted by Gasteiger charge is -2.31. The van der Waals surface area contributed by atoms with Crippen LogP contribution in [0.4, 0.5) is 5.69 Å². The zero-order valence-electron chi connectivity index (χ0n) is 13.0. The van der Waals surface area contributed by atoms with Crippen LogP contribution in [0.1, 0.15) is 37.1 Å². The summed E-state index contributed by atoms with van der Waals surface area (Å²) >= 11 is 0. The van der Waals surface area contributed by atoms with Gasteiger partial charge in [0.25, 0.3) is 0 Å². The number of aliphatic hydroxyl groups excluding tert-OH is 1. The summed E-state index contributed by atoms with van der Waals surface area (Å²) in [7, 11) is 0. The molecule has 118 valence electrons. The molecule has 2 N–H and O–H groups in total. The second kappa shape index (κ2) is 6.99. The Morgan fingerprint density at radius 2 is 1.95 bits per heavy atom. The Morgan fingerprint density at radius 3 is 2.59 bits per heavy atom. The fraction of sp³-hybridized carbons (Fsp3) is 0.444. The van der Waals surface area contributed by atoms with Crippen molar-refractivity contribution >= 4 is 5.69 Å². The molecule has 3 rings (SSSR count). The van der Waals surface area contributed by atoms with Gasteiger partial charge in [-0.2, -0.15) is 0 Å². The number of nitrogens with one attached hydrogen (secondary N) is 1. The molecule has 1 unspecified atom stereocenters. The van der Waals surface area contributed by atoms with Crippen LogP contribution in [0.3, 0.4) is 0 Å². The van der Waals surface area contributed by atoms with Gasteiger partial charge in [-0.1, -0.05) is 12.1 Å². The lowest BCUT2D eigenvalue weighted by atomic mass is 10.0. The Hall–Kier alpha value is -1.78. The van der Waals surface area contributed by atoms with Crippen LogP contribution in [0.5, 0.6) is 0 Å². The Balaban J connectivity index is 1.56. The number of piperidine rings is 1. The zero-order chi connectivity index (χ0) is 15.4. The van der Waals surface area contributed by atoms with Gasteiger partial charge in [0.1, 0.15) is 5.76 Å². The monoisotopic (exact) mass is 300 g/mol. The molecular weight excluding hydrogens is 276 g/mol. The molecular formula is C18H24N2O2. The maximum atomic E-state index is 9.59. The summed E-state index contributed by atoms with van der Waals surface area (Å²) in [5.41, 5.74) is 2.52. The molecule has 4 nitrogen and oxygen atoms in total. The fourth-order valence-corrected chi connectivity index (χ4v) is 2.88. The number of benzene rings is 1. The average Bonchev–Trinajstić information content (AvgIpc) is 3.07. The van der Waals surface area contributed by atoms with Gasteiger partial charge in [0.15, 0.2) is 0 Å². The molecule has 2 heterocycles. The van der Waals surface area contributed by atoms with Crippen molar-refractivity contribution in [2.24, 2.45) is 0 Å². The first-order chi connectivity index (χ1) is 10.7. The molecule has 1 atom stereocenters. The molecule has 1 aliphatic rings.